The van der Waals surface area contributed by atoms with Crippen LogP contribution < -0.4 is 5.73 Å². The molecule has 2 heterocycles. The van der Waals surface area contributed by atoms with Crippen molar-refractivity contribution in [3.8, 4) is 0 Å². The van der Waals surface area contributed by atoms with E-state index in [1.165, 1.54) is 0 Å². The molecule has 0 spiro atoms. The Bertz CT molecular complexity index is 812. The molecule has 154 valence electrons. The second-order valence-electron chi connectivity index (χ2n) is 5.82. The molecule has 1 amide bonds. The number of aliphatic hydroxyl groups is 3. The van der Waals surface area contributed by atoms with E-state index in [1.807, 2.05) is 0 Å². The molecule has 0 bridgehead atoms. The third-order valence-electron chi connectivity index (χ3n) is 3.81. The Kier molecular flexibility index (Phi) is 7.01. The highest BCUT2D eigenvalue weighted by Crippen LogP contribution is 2.46. The quantitative estimate of drug-likeness (QED) is 0.242. The molecule has 6 N–H and O–H groups in total. The number of carbonyl (C=O) groups is 1. The number of nitrogens with zero attached hydrogens (tertiary/aromatic N) is 3. The number of rotatable bonds is 9. The molecule has 0 aliphatic carbocycles. The summed E-state index contributed by atoms with van der Waals surface area (Å²) < 4.78 is 23.5. The van der Waals surface area contributed by atoms with Gasteiger partial charge in [-0.15, -0.1) is 18.3 Å². The normalized spacial score (nSPS) is 29.3. The van der Waals surface area contributed by atoms with Crippen LogP contribution in [0.1, 0.15) is 16.8 Å². The fourth-order valence-electron chi connectivity index (χ4n) is 2.36. The van der Waals surface area contributed by atoms with Crippen LogP contribution in [0.2, 0.25) is 0 Å². The van der Waals surface area contributed by atoms with Gasteiger partial charge in [0.25, 0.3) is 5.91 Å². The second-order valence-corrected chi connectivity index (χ2v) is 7.46. The maximum Gasteiger partial charge on any atom is 0.352 e. The van der Waals surface area contributed by atoms with E-state index >= 15 is 0 Å². The average Bonchev–Trinajstić information content (AvgIpc) is 3.24. The van der Waals surface area contributed by atoms with Gasteiger partial charge in [0.1, 0.15) is 36.8 Å². The van der Waals surface area contributed by atoms with Crippen LogP contribution in [-0.2, 0) is 13.8 Å². The molecule has 3 unspecified atom stereocenters. The lowest BCUT2D eigenvalue weighted by molar-refractivity contribution is -0.0346. The predicted octanol–water partition coefficient (Wildman–Crippen LogP) is -1.19. The summed E-state index contributed by atoms with van der Waals surface area (Å²) in [6.07, 6.45) is -3.45. The van der Waals surface area contributed by atoms with E-state index in [0.29, 0.717) is 0 Å². The van der Waals surface area contributed by atoms with Crippen LogP contribution >= 0.6 is 7.60 Å². The molecule has 28 heavy (non-hydrogen) atoms. The number of hydrogen-bond acceptors (Lipinski definition) is 9. The zero-order chi connectivity index (χ0) is 21.1. The predicted molar refractivity (Wildman–Crippen MR) is 94.7 cm³/mol. The SMILES string of the molecule is C=CC(O)C(C=C)OP(=O)(O)/C=C/[C@H]1O[C@@H](n2cnc(C(N)=O)n2)[C@H](O)[C@@H]1O. The lowest BCUT2D eigenvalue weighted by Crippen LogP contribution is -2.31. The highest BCUT2D eigenvalue weighted by molar-refractivity contribution is 7.56. The minimum Gasteiger partial charge on any atom is -0.387 e. The fraction of sp³-hybridized carbons (Fsp3) is 0.400. The molecule has 0 saturated carbocycles. The van der Waals surface area contributed by atoms with Gasteiger partial charge in [0.15, 0.2) is 6.23 Å². The van der Waals surface area contributed by atoms with E-state index in [-0.39, 0.29) is 5.82 Å². The Balaban J connectivity index is 2.10. The summed E-state index contributed by atoms with van der Waals surface area (Å²) in [6.45, 7) is 6.74. The lowest BCUT2D eigenvalue weighted by atomic mass is 10.1. The van der Waals surface area contributed by atoms with Crippen molar-refractivity contribution >= 4 is 13.5 Å². The highest BCUT2D eigenvalue weighted by atomic mass is 31.2. The molecule has 13 heteroatoms. The summed E-state index contributed by atoms with van der Waals surface area (Å²) in [5, 5.41) is 33.6. The van der Waals surface area contributed by atoms with Crippen molar-refractivity contribution in [2.24, 2.45) is 5.73 Å². The minimum absolute atomic E-state index is 0.311. The van der Waals surface area contributed by atoms with Gasteiger partial charge in [0.2, 0.25) is 5.82 Å². The van der Waals surface area contributed by atoms with Crippen molar-refractivity contribution in [2.75, 3.05) is 0 Å². The van der Waals surface area contributed by atoms with Gasteiger partial charge in [0.05, 0.1) is 0 Å². The third-order valence-corrected chi connectivity index (χ3v) is 4.91. The lowest BCUT2D eigenvalue weighted by Gasteiger charge is -2.19. The zero-order valence-corrected chi connectivity index (χ0v) is 15.4. The zero-order valence-electron chi connectivity index (χ0n) is 14.6. The van der Waals surface area contributed by atoms with E-state index in [9.17, 15) is 29.6 Å². The first-order valence-corrected chi connectivity index (χ1v) is 9.60. The van der Waals surface area contributed by atoms with E-state index in [0.717, 1.165) is 35.1 Å². The number of carbonyl (C=O) groups excluding carboxylic acids is 1. The molecule has 2 rings (SSSR count). The van der Waals surface area contributed by atoms with Crippen molar-refractivity contribution < 1.29 is 38.8 Å². The largest absolute Gasteiger partial charge is 0.387 e. The Labute approximate surface area is 159 Å². The molecule has 7 atom stereocenters. The number of amides is 1. The van der Waals surface area contributed by atoms with Gasteiger partial charge in [-0.05, 0) is 6.08 Å². The van der Waals surface area contributed by atoms with Crippen molar-refractivity contribution in [3.63, 3.8) is 0 Å². The van der Waals surface area contributed by atoms with Crippen LogP contribution in [0.4, 0.5) is 0 Å². The molecule has 12 nitrogen and oxygen atoms in total. The average molecular weight is 416 g/mol. The summed E-state index contributed by atoms with van der Waals surface area (Å²) >= 11 is 0. The smallest absolute Gasteiger partial charge is 0.352 e. The van der Waals surface area contributed by atoms with Crippen LogP contribution in [0.5, 0.6) is 0 Å². The van der Waals surface area contributed by atoms with Crippen molar-refractivity contribution in [3.05, 3.63) is 49.4 Å². The van der Waals surface area contributed by atoms with Crippen LogP contribution in [-0.4, -0.2) is 71.4 Å². The number of nitrogens with two attached hydrogens (primary N) is 1. The summed E-state index contributed by atoms with van der Waals surface area (Å²) in [7, 11) is -4.36. The second kappa shape index (κ2) is 8.88. The van der Waals surface area contributed by atoms with Crippen LogP contribution in [0.15, 0.2) is 43.5 Å². The van der Waals surface area contributed by atoms with E-state index in [4.69, 9.17) is 15.0 Å². The van der Waals surface area contributed by atoms with Gasteiger partial charge >= 0.3 is 7.60 Å². The van der Waals surface area contributed by atoms with Crippen molar-refractivity contribution in [1.82, 2.24) is 14.8 Å². The molecule has 1 aliphatic rings. The topological polar surface area (TPSA) is 190 Å². The molecule has 1 aromatic heterocycles. The molecule has 1 aliphatic heterocycles. The maximum absolute atomic E-state index is 12.2. The van der Waals surface area contributed by atoms with Gasteiger partial charge in [-0.25, -0.2) is 9.67 Å². The first kappa shape index (κ1) is 22.1. The summed E-state index contributed by atoms with van der Waals surface area (Å²) in [6, 6.07) is 0. The maximum atomic E-state index is 12.2. The monoisotopic (exact) mass is 416 g/mol. The summed E-state index contributed by atoms with van der Waals surface area (Å²) in [5.41, 5.74) is 5.05. The molecule has 1 aromatic rings. The van der Waals surface area contributed by atoms with Crippen LogP contribution in [0.3, 0.4) is 0 Å². The van der Waals surface area contributed by atoms with Gasteiger partial charge in [-0.3, -0.25) is 13.9 Å². The Hall–Kier alpha value is -2.18. The van der Waals surface area contributed by atoms with Crippen LogP contribution in [0.25, 0.3) is 0 Å². The van der Waals surface area contributed by atoms with E-state index in [1.54, 1.807) is 0 Å². The first-order chi connectivity index (χ1) is 13.1. The molecule has 0 aromatic carbocycles. The molecular weight excluding hydrogens is 395 g/mol. The Morgan fingerprint density at radius 2 is 2.07 bits per heavy atom. The molecule has 0 radical (unpaired) electrons. The number of ether oxygens (including phenoxy) is 1. The minimum atomic E-state index is -4.36. The molecule has 1 fully saturated rings. The summed E-state index contributed by atoms with van der Waals surface area (Å²) in [5.74, 6) is -0.452. The van der Waals surface area contributed by atoms with Gasteiger partial charge < -0.3 is 30.7 Å². The van der Waals surface area contributed by atoms with E-state index < -0.39 is 50.3 Å². The van der Waals surface area contributed by atoms with Crippen LogP contribution in [0, 0.1) is 0 Å². The summed E-state index contributed by atoms with van der Waals surface area (Å²) in [4.78, 5) is 24.6. The van der Waals surface area contributed by atoms with E-state index in [2.05, 4.69) is 23.2 Å². The van der Waals surface area contributed by atoms with Crippen molar-refractivity contribution in [2.45, 2.75) is 36.7 Å². The number of aromatic nitrogens is 3. The standard InChI is InChI=1S/C15H21N4O8P/c1-3-8(20)9(4-2)27-28(24,25)6-5-10-11(21)12(22)15(26-10)19-7-17-14(18-19)13(16)23/h3-12,15,20-22H,1-2H2,(H2,16,23)(H,24,25)/b6-5+/t8?,9?,10-,11-,12-,15-/m1/s1. The number of primary amides is 1. The first-order valence-electron chi connectivity index (χ1n) is 7.95. The van der Waals surface area contributed by atoms with Crippen molar-refractivity contribution in [1.29, 1.82) is 0 Å². The number of hydrogen-bond donors (Lipinski definition) is 5. The Morgan fingerprint density at radius 3 is 2.61 bits per heavy atom. The van der Waals surface area contributed by atoms with Gasteiger partial charge in [0, 0.05) is 5.82 Å². The number of aliphatic hydroxyl groups excluding tert-OH is 3. The third kappa shape index (κ3) is 5.00. The fourth-order valence-corrected chi connectivity index (χ4v) is 3.37. The van der Waals surface area contributed by atoms with Gasteiger partial charge in [-0.1, -0.05) is 12.2 Å². The Morgan fingerprint density at radius 1 is 1.39 bits per heavy atom. The molecule has 1 saturated heterocycles. The van der Waals surface area contributed by atoms with Gasteiger partial charge in [-0.2, -0.15) is 0 Å². The highest BCUT2D eigenvalue weighted by Gasteiger charge is 2.43. The molecular formula is C15H21N4O8P.